The molecule has 0 amide bonds. The van der Waals surface area contributed by atoms with Crippen molar-refractivity contribution in [1.29, 1.82) is 0 Å². The zero-order chi connectivity index (χ0) is 7.72. The van der Waals surface area contributed by atoms with Gasteiger partial charge in [-0.15, -0.1) is 0 Å². The van der Waals surface area contributed by atoms with Gasteiger partial charge in [0, 0.05) is 6.92 Å². The first-order chi connectivity index (χ1) is 4.61. The number of aryl methyl sites for hydroxylation is 1. The average molecular weight is 145 g/mol. The molecule has 0 saturated carbocycles. The van der Waals surface area contributed by atoms with E-state index in [9.17, 15) is 14.9 Å². The van der Waals surface area contributed by atoms with Gasteiger partial charge >= 0.3 is 11.7 Å². The molecule has 0 unspecified atom stereocenters. The normalized spacial score (nSPS) is 9.70. The van der Waals surface area contributed by atoms with E-state index in [0.29, 0.717) is 0 Å². The molecule has 1 aromatic rings. The summed E-state index contributed by atoms with van der Waals surface area (Å²) < 4.78 is 8.27. The van der Waals surface area contributed by atoms with Crippen molar-refractivity contribution in [1.82, 2.24) is 0 Å². The lowest BCUT2D eigenvalue weighted by atomic mass is 10.6. The first-order valence-corrected chi connectivity index (χ1v) is 2.36. The molecular weight excluding hydrogens is 142 g/mol. The molecule has 1 heterocycles. The summed E-state index contributed by atoms with van der Waals surface area (Å²) in [6.45, 7) is 1.28. The Labute approximate surface area is 54.2 Å². The van der Waals surface area contributed by atoms with E-state index >= 15 is 0 Å². The first kappa shape index (κ1) is 6.53. The van der Waals surface area contributed by atoms with Gasteiger partial charge in [0.1, 0.15) is 4.92 Å². The summed E-state index contributed by atoms with van der Waals surface area (Å²) in [5.74, 6) is -1.80. The topological polar surface area (TPSA) is 86.5 Å². The molecule has 0 aliphatic rings. The lowest BCUT2D eigenvalue weighted by Crippen LogP contribution is -1.88. The van der Waals surface area contributed by atoms with E-state index in [0.717, 1.165) is 0 Å². The summed E-state index contributed by atoms with van der Waals surface area (Å²) in [5.41, 5.74) is 0. The maximum Gasteiger partial charge on any atom is 0.523 e. The van der Waals surface area contributed by atoms with Crippen molar-refractivity contribution in [3.63, 3.8) is 0 Å². The number of hydrogen-bond acceptors (Lipinski definition) is 5. The monoisotopic (exact) mass is 145 g/mol. The van der Waals surface area contributed by atoms with Gasteiger partial charge in [0.05, 0.1) is 0 Å². The standard InChI is InChI=1S/C4H3NO5/c1-2-3(5(7)8)10-4(6)9-2/h1H3. The van der Waals surface area contributed by atoms with Crippen LogP contribution in [-0.4, -0.2) is 4.92 Å². The quantitative estimate of drug-likeness (QED) is 0.422. The van der Waals surface area contributed by atoms with Gasteiger partial charge in [-0.25, -0.2) is 4.79 Å². The minimum Gasteiger partial charge on any atom is -0.388 e. The van der Waals surface area contributed by atoms with Crippen LogP contribution in [0.5, 0.6) is 0 Å². The van der Waals surface area contributed by atoms with Gasteiger partial charge in [0.2, 0.25) is 5.76 Å². The Balaban J connectivity index is 3.28. The largest absolute Gasteiger partial charge is 0.523 e. The molecule has 0 spiro atoms. The van der Waals surface area contributed by atoms with Gasteiger partial charge in [0.15, 0.2) is 0 Å². The number of rotatable bonds is 1. The zero-order valence-corrected chi connectivity index (χ0v) is 4.99. The summed E-state index contributed by atoms with van der Waals surface area (Å²) in [7, 11) is 0. The van der Waals surface area contributed by atoms with Gasteiger partial charge < -0.3 is 8.83 Å². The lowest BCUT2D eigenvalue weighted by Gasteiger charge is -1.78. The molecule has 6 nitrogen and oxygen atoms in total. The second-order valence-corrected chi connectivity index (χ2v) is 1.57. The first-order valence-electron chi connectivity index (χ1n) is 2.36. The van der Waals surface area contributed by atoms with E-state index in [1.165, 1.54) is 6.92 Å². The van der Waals surface area contributed by atoms with Crippen LogP contribution in [0.1, 0.15) is 5.76 Å². The fraction of sp³-hybridized carbons (Fsp3) is 0.250. The summed E-state index contributed by atoms with van der Waals surface area (Å²) in [4.78, 5) is 19.3. The van der Waals surface area contributed by atoms with Gasteiger partial charge in [-0.2, -0.15) is 0 Å². The zero-order valence-electron chi connectivity index (χ0n) is 4.99. The van der Waals surface area contributed by atoms with Crippen LogP contribution < -0.4 is 5.82 Å². The van der Waals surface area contributed by atoms with E-state index in [4.69, 9.17) is 0 Å². The summed E-state index contributed by atoms with van der Waals surface area (Å²) in [6.07, 6.45) is 0. The van der Waals surface area contributed by atoms with E-state index in [-0.39, 0.29) is 5.76 Å². The Morgan fingerprint density at radius 2 is 2.10 bits per heavy atom. The molecule has 0 N–H and O–H groups in total. The smallest absolute Gasteiger partial charge is 0.388 e. The highest BCUT2D eigenvalue weighted by molar-refractivity contribution is 5.15. The highest BCUT2D eigenvalue weighted by Crippen LogP contribution is 2.13. The molecule has 0 aliphatic carbocycles. The van der Waals surface area contributed by atoms with Crippen molar-refractivity contribution in [2.24, 2.45) is 0 Å². The van der Waals surface area contributed by atoms with Crippen molar-refractivity contribution in [3.05, 3.63) is 26.5 Å². The molecule has 6 heteroatoms. The Bertz CT molecular complexity index is 308. The molecule has 0 atom stereocenters. The van der Waals surface area contributed by atoms with E-state index < -0.39 is 16.6 Å². The molecule has 1 aromatic heterocycles. The molecule has 0 radical (unpaired) electrons. The molecular formula is C4H3NO5. The second kappa shape index (κ2) is 1.98. The highest BCUT2D eigenvalue weighted by atomic mass is 16.7. The van der Waals surface area contributed by atoms with E-state index in [1.807, 2.05) is 0 Å². The Morgan fingerprint density at radius 3 is 2.30 bits per heavy atom. The number of hydrogen-bond donors (Lipinski definition) is 0. The van der Waals surface area contributed by atoms with Crippen LogP contribution in [0, 0.1) is 17.0 Å². The molecule has 0 aromatic carbocycles. The van der Waals surface area contributed by atoms with Crippen LogP contribution in [0.15, 0.2) is 13.6 Å². The van der Waals surface area contributed by atoms with Gasteiger partial charge in [0.25, 0.3) is 0 Å². The lowest BCUT2D eigenvalue weighted by molar-refractivity contribution is -0.403. The van der Waals surface area contributed by atoms with Crippen LogP contribution in [0.25, 0.3) is 0 Å². The third kappa shape index (κ3) is 0.903. The number of nitrogens with zero attached hydrogens (tertiary/aromatic N) is 1. The van der Waals surface area contributed by atoms with Crippen molar-refractivity contribution < 1.29 is 13.8 Å². The third-order valence-corrected chi connectivity index (χ3v) is 0.883. The van der Waals surface area contributed by atoms with Crippen LogP contribution in [0.3, 0.4) is 0 Å². The average Bonchev–Trinajstić information content (AvgIpc) is 2.10. The number of nitro groups is 1. The second-order valence-electron chi connectivity index (χ2n) is 1.57. The Hall–Kier alpha value is -1.59. The van der Waals surface area contributed by atoms with Crippen LogP contribution in [0.2, 0.25) is 0 Å². The van der Waals surface area contributed by atoms with Gasteiger partial charge in [-0.3, -0.25) is 10.1 Å². The molecule has 0 bridgehead atoms. The SMILES string of the molecule is Cc1oc(=O)oc1[N+](=O)[O-]. The van der Waals surface area contributed by atoms with Crippen molar-refractivity contribution >= 4 is 5.88 Å². The molecule has 10 heavy (non-hydrogen) atoms. The maximum atomic E-state index is 10.2. The summed E-state index contributed by atoms with van der Waals surface area (Å²) in [6, 6.07) is 0. The van der Waals surface area contributed by atoms with E-state index in [1.54, 1.807) is 0 Å². The predicted molar refractivity (Wildman–Crippen MR) is 28.6 cm³/mol. The minimum atomic E-state index is -1.05. The maximum absolute atomic E-state index is 10.2. The fourth-order valence-corrected chi connectivity index (χ4v) is 0.506. The highest BCUT2D eigenvalue weighted by Gasteiger charge is 2.19. The molecule has 54 valence electrons. The van der Waals surface area contributed by atoms with Crippen LogP contribution >= 0.6 is 0 Å². The Kier molecular flexibility index (Phi) is 1.29. The fourth-order valence-electron chi connectivity index (χ4n) is 0.506. The summed E-state index contributed by atoms with van der Waals surface area (Å²) >= 11 is 0. The summed E-state index contributed by atoms with van der Waals surface area (Å²) in [5, 5.41) is 9.95. The minimum absolute atomic E-state index is 0.116. The van der Waals surface area contributed by atoms with Crippen LogP contribution in [-0.2, 0) is 0 Å². The van der Waals surface area contributed by atoms with Crippen molar-refractivity contribution in [3.8, 4) is 0 Å². The molecule has 0 saturated heterocycles. The van der Waals surface area contributed by atoms with E-state index in [2.05, 4.69) is 8.83 Å². The Morgan fingerprint density at radius 1 is 1.50 bits per heavy atom. The van der Waals surface area contributed by atoms with Gasteiger partial charge in [-0.1, -0.05) is 0 Å². The van der Waals surface area contributed by atoms with Crippen molar-refractivity contribution in [2.75, 3.05) is 0 Å². The predicted octanol–water partition coefficient (Wildman–Crippen LogP) is 0.449. The molecule has 0 fully saturated rings. The third-order valence-electron chi connectivity index (χ3n) is 0.883. The molecule has 1 rings (SSSR count). The molecule has 0 aliphatic heterocycles. The van der Waals surface area contributed by atoms with Crippen LogP contribution in [0.4, 0.5) is 5.88 Å². The van der Waals surface area contributed by atoms with Crippen molar-refractivity contribution in [2.45, 2.75) is 6.92 Å². The van der Waals surface area contributed by atoms with Gasteiger partial charge in [-0.05, 0) is 0 Å².